The van der Waals surface area contributed by atoms with Crippen LogP contribution in [0.25, 0.3) is 10.4 Å². The van der Waals surface area contributed by atoms with Gasteiger partial charge >= 0.3 is 0 Å². The molecule has 3 nitrogen and oxygen atoms in total. The Kier molecular flexibility index (Phi) is 2.61. The summed E-state index contributed by atoms with van der Waals surface area (Å²) in [6, 6.07) is 3.01. The van der Waals surface area contributed by atoms with Gasteiger partial charge in [-0.3, -0.25) is 0 Å². The summed E-state index contributed by atoms with van der Waals surface area (Å²) < 4.78 is 25.2. The molecule has 0 spiro atoms. The van der Waals surface area contributed by atoms with Gasteiger partial charge in [-0.1, -0.05) is 5.11 Å². The Morgan fingerprint density at radius 1 is 1.42 bits per heavy atom. The van der Waals surface area contributed by atoms with Gasteiger partial charge in [0.1, 0.15) is 11.6 Å². The molecule has 5 heteroatoms. The van der Waals surface area contributed by atoms with Gasteiger partial charge < -0.3 is 0 Å². The lowest BCUT2D eigenvalue weighted by Crippen LogP contribution is -1.88. The predicted molar refractivity (Wildman–Crippen MR) is 39.2 cm³/mol. The fourth-order valence-electron chi connectivity index (χ4n) is 0.772. The summed E-state index contributed by atoms with van der Waals surface area (Å²) in [4.78, 5) is 2.44. The second-order valence-corrected chi connectivity index (χ2v) is 2.12. The highest BCUT2D eigenvalue weighted by molar-refractivity contribution is 5.18. The maximum atomic E-state index is 12.7. The standard InChI is InChI=1S/C7H5F2N3/c8-6-1-2-7(9)5(3-6)4-11-12-10/h1-3H,4H2. The molecule has 0 amide bonds. The van der Waals surface area contributed by atoms with Crippen LogP contribution in [0.4, 0.5) is 8.78 Å². The molecule has 0 N–H and O–H groups in total. The topological polar surface area (TPSA) is 48.8 Å². The summed E-state index contributed by atoms with van der Waals surface area (Å²) in [5.74, 6) is -1.11. The number of hydrogen-bond donors (Lipinski definition) is 0. The van der Waals surface area contributed by atoms with Crippen LogP contribution in [-0.4, -0.2) is 0 Å². The Labute approximate surface area is 67.3 Å². The van der Waals surface area contributed by atoms with E-state index in [2.05, 4.69) is 10.0 Å². The summed E-state index contributed by atoms with van der Waals surface area (Å²) in [5.41, 5.74) is 7.99. The molecular formula is C7H5F2N3. The first-order chi connectivity index (χ1) is 5.74. The molecule has 0 aliphatic heterocycles. The Morgan fingerprint density at radius 2 is 2.17 bits per heavy atom. The molecule has 0 bridgehead atoms. The Bertz CT molecular complexity index is 331. The van der Waals surface area contributed by atoms with Gasteiger partial charge in [0.25, 0.3) is 0 Å². The zero-order valence-electron chi connectivity index (χ0n) is 6.04. The van der Waals surface area contributed by atoms with Crippen LogP contribution in [0.2, 0.25) is 0 Å². The zero-order chi connectivity index (χ0) is 8.97. The highest BCUT2D eigenvalue weighted by Gasteiger charge is 2.01. The van der Waals surface area contributed by atoms with Crippen molar-refractivity contribution >= 4 is 0 Å². The number of nitrogens with zero attached hydrogens (tertiary/aromatic N) is 3. The van der Waals surface area contributed by atoms with E-state index in [0.29, 0.717) is 0 Å². The largest absolute Gasteiger partial charge is 0.207 e. The zero-order valence-corrected chi connectivity index (χ0v) is 6.04. The van der Waals surface area contributed by atoms with Gasteiger partial charge in [-0.25, -0.2) is 8.78 Å². The lowest BCUT2D eigenvalue weighted by atomic mass is 10.2. The van der Waals surface area contributed by atoms with E-state index in [4.69, 9.17) is 5.53 Å². The van der Waals surface area contributed by atoms with Crippen molar-refractivity contribution in [2.75, 3.05) is 0 Å². The van der Waals surface area contributed by atoms with E-state index in [1.54, 1.807) is 0 Å². The number of azide groups is 1. The molecule has 1 rings (SSSR count). The molecule has 0 aliphatic rings. The molecule has 1 aromatic rings. The van der Waals surface area contributed by atoms with Crippen LogP contribution in [0.15, 0.2) is 23.3 Å². The quantitative estimate of drug-likeness (QED) is 0.371. The molecular weight excluding hydrogens is 164 g/mol. The van der Waals surface area contributed by atoms with E-state index in [0.717, 1.165) is 18.2 Å². The highest BCUT2D eigenvalue weighted by atomic mass is 19.1. The third-order valence-electron chi connectivity index (χ3n) is 1.31. The van der Waals surface area contributed by atoms with Gasteiger partial charge in [-0.15, -0.1) is 0 Å². The first-order valence-corrected chi connectivity index (χ1v) is 3.19. The normalized spacial score (nSPS) is 9.17. The summed E-state index contributed by atoms with van der Waals surface area (Å²) in [6.07, 6.45) is 0. The van der Waals surface area contributed by atoms with Crippen molar-refractivity contribution in [2.45, 2.75) is 6.54 Å². The van der Waals surface area contributed by atoms with Crippen molar-refractivity contribution in [1.29, 1.82) is 0 Å². The van der Waals surface area contributed by atoms with Crippen molar-refractivity contribution in [1.82, 2.24) is 0 Å². The number of halogens is 2. The van der Waals surface area contributed by atoms with E-state index >= 15 is 0 Å². The third-order valence-corrected chi connectivity index (χ3v) is 1.31. The first kappa shape index (κ1) is 8.49. The number of benzene rings is 1. The highest BCUT2D eigenvalue weighted by Crippen LogP contribution is 2.10. The molecule has 62 valence electrons. The monoisotopic (exact) mass is 169 g/mol. The van der Waals surface area contributed by atoms with Crippen LogP contribution in [0.5, 0.6) is 0 Å². The average molecular weight is 169 g/mol. The van der Waals surface area contributed by atoms with E-state index in [1.165, 1.54) is 0 Å². The molecule has 12 heavy (non-hydrogen) atoms. The van der Waals surface area contributed by atoms with E-state index < -0.39 is 11.6 Å². The predicted octanol–water partition coefficient (Wildman–Crippen LogP) is 2.78. The van der Waals surface area contributed by atoms with Gasteiger partial charge in [0.2, 0.25) is 0 Å². The molecule has 0 unspecified atom stereocenters. The average Bonchev–Trinajstić information content (AvgIpc) is 2.07. The SMILES string of the molecule is [N-]=[N+]=NCc1cc(F)ccc1F. The summed E-state index contributed by atoms with van der Waals surface area (Å²) >= 11 is 0. The Morgan fingerprint density at radius 3 is 2.83 bits per heavy atom. The fourth-order valence-corrected chi connectivity index (χ4v) is 0.772. The van der Waals surface area contributed by atoms with Crippen LogP contribution in [0, 0.1) is 11.6 Å². The third kappa shape index (κ3) is 1.93. The van der Waals surface area contributed by atoms with Crippen molar-refractivity contribution in [3.05, 3.63) is 45.8 Å². The maximum absolute atomic E-state index is 12.7. The van der Waals surface area contributed by atoms with Gasteiger partial charge in [0.05, 0.1) is 6.54 Å². The van der Waals surface area contributed by atoms with E-state index in [-0.39, 0.29) is 12.1 Å². The first-order valence-electron chi connectivity index (χ1n) is 3.19. The molecule has 0 saturated heterocycles. The van der Waals surface area contributed by atoms with Crippen LogP contribution < -0.4 is 0 Å². The summed E-state index contributed by atoms with van der Waals surface area (Å²) in [6.45, 7) is -0.167. The fraction of sp³-hybridized carbons (Fsp3) is 0.143. The smallest absolute Gasteiger partial charge is 0.126 e. The van der Waals surface area contributed by atoms with Crippen molar-refractivity contribution in [3.63, 3.8) is 0 Å². The van der Waals surface area contributed by atoms with Gasteiger partial charge in [0.15, 0.2) is 0 Å². The van der Waals surface area contributed by atoms with Crippen molar-refractivity contribution in [2.24, 2.45) is 5.11 Å². The minimum absolute atomic E-state index is 0.0628. The van der Waals surface area contributed by atoms with Crippen LogP contribution in [0.1, 0.15) is 5.56 Å². The molecule has 0 heterocycles. The molecule has 0 saturated carbocycles. The Balaban J connectivity index is 2.96. The molecule has 0 radical (unpaired) electrons. The second-order valence-electron chi connectivity index (χ2n) is 2.12. The molecule has 0 aromatic heterocycles. The molecule has 0 aliphatic carbocycles. The second kappa shape index (κ2) is 3.69. The van der Waals surface area contributed by atoms with Crippen molar-refractivity contribution < 1.29 is 8.78 Å². The van der Waals surface area contributed by atoms with Crippen LogP contribution in [-0.2, 0) is 6.54 Å². The van der Waals surface area contributed by atoms with E-state index in [1.807, 2.05) is 0 Å². The maximum Gasteiger partial charge on any atom is 0.126 e. The molecule has 0 fully saturated rings. The van der Waals surface area contributed by atoms with Gasteiger partial charge in [-0.05, 0) is 29.3 Å². The summed E-state index contributed by atoms with van der Waals surface area (Å²) in [7, 11) is 0. The van der Waals surface area contributed by atoms with Gasteiger partial charge in [0, 0.05) is 4.91 Å². The van der Waals surface area contributed by atoms with Crippen molar-refractivity contribution in [3.8, 4) is 0 Å². The lowest BCUT2D eigenvalue weighted by Gasteiger charge is -1.97. The molecule has 0 atom stereocenters. The number of rotatable bonds is 2. The van der Waals surface area contributed by atoms with Crippen LogP contribution in [0.3, 0.4) is 0 Å². The van der Waals surface area contributed by atoms with Gasteiger partial charge in [-0.2, -0.15) is 0 Å². The lowest BCUT2D eigenvalue weighted by molar-refractivity contribution is 0.585. The minimum atomic E-state index is -0.566. The van der Waals surface area contributed by atoms with E-state index in [9.17, 15) is 8.78 Å². The van der Waals surface area contributed by atoms with Crippen LogP contribution >= 0.6 is 0 Å². The summed E-state index contributed by atoms with van der Waals surface area (Å²) in [5, 5.41) is 3.12. The Hall–Kier alpha value is -1.61. The molecule has 1 aromatic carbocycles. The minimum Gasteiger partial charge on any atom is -0.207 e. The number of hydrogen-bond acceptors (Lipinski definition) is 1.